The molecule has 2 aromatic carbocycles. The summed E-state index contributed by atoms with van der Waals surface area (Å²) in [5.74, 6) is 0.148. The van der Waals surface area contributed by atoms with E-state index in [2.05, 4.69) is 0 Å². The third-order valence-corrected chi connectivity index (χ3v) is 4.19. The van der Waals surface area contributed by atoms with Gasteiger partial charge in [-0.25, -0.2) is 0 Å². The van der Waals surface area contributed by atoms with Crippen LogP contribution in [0, 0.1) is 20.8 Å². The van der Waals surface area contributed by atoms with E-state index in [1.807, 2.05) is 6.92 Å². The Labute approximate surface area is 106 Å². The van der Waals surface area contributed by atoms with E-state index < -0.39 is 10.1 Å². The maximum atomic E-state index is 11.2. The van der Waals surface area contributed by atoms with Gasteiger partial charge in [-0.05, 0) is 55.0 Å². The van der Waals surface area contributed by atoms with Crippen LogP contribution in [0.25, 0.3) is 10.8 Å². The fourth-order valence-electron chi connectivity index (χ4n) is 2.04. The lowest BCUT2D eigenvalue weighted by Gasteiger charge is -2.11. The fraction of sp³-hybridized carbons (Fsp3) is 0.231. The molecule has 0 heterocycles. The van der Waals surface area contributed by atoms with Gasteiger partial charge in [0.15, 0.2) is 0 Å². The second-order valence-electron chi connectivity index (χ2n) is 4.48. The molecule has 0 amide bonds. The van der Waals surface area contributed by atoms with Crippen molar-refractivity contribution < 1.29 is 18.1 Å². The summed E-state index contributed by atoms with van der Waals surface area (Å²) in [5.41, 5.74) is 2.04. The van der Waals surface area contributed by atoms with Crippen LogP contribution in [0.2, 0.25) is 0 Å². The van der Waals surface area contributed by atoms with Gasteiger partial charge >= 0.3 is 0 Å². The van der Waals surface area contributed by atoms with E-state index in [9.17, 15) is 13.5 Å². The van der Waals surface area contributed by atoms with Crippen LogP contribution in [0.5, 0.6) is 5.75 Å². The van der Waals surface area contributed by atoms with Crippen molar-refractivity contribution in [2.24, 2.45) is 0 Å². The highest BCUT2D eigenvalue weighted by Gasteiger charge is 2.16. The van der Waals surface area contributed by atoms with Crippen molar-refractivity contribution in [1.29, 1.82) is 0 Å². The van der Waals surface area contributed by atoms with Crippen molar-refractivity contribution in [1.82, 2.24) is 0 Å². The predicted molar refractivity (Wildman–Crippen MR) is 69.6 cm³/mol. The van der Waals surface area contributed by atoms with Gasteiger partial charge in [-0.15, -0.1) is 0 Å². The number of aryl methyl sites for hydroxylation is 2. The van der Waals surface area contributed by atoms with E-state index in [1.54, 1.807) is 26.0 Å². The zero-order chi connectivity index (χ0) is 13.7. The molecule has 2 rings (SSSR count). The van der Waals surface area contributed by atoms with Crippen LogP contribution in [-0.2, 0) is 10.1 Å². The molecule has 5 heteroatoms. The molecule has 4 nitrogen and oxygen atoms in total. The third-order valence-electron chi connectivity index (χ3n) is 3.20. The molecule has 0 atom stereocenters. The molecule has 0 aliphatic heterocycles. The number of benzene rings is 2. The van der Waals surface area contributed by atoms with Crippen LogP contribution < -0.4 is 0 Å². The Hall–Kier alpha value is -1.59. The van der Waals surface area contributed by atoms with Crippen molar-refractivity contribution in [3.8, 4) is 5.75 Å². The van der Waals surface area contributed by atoms with Crippen LogP contribution in [0.1, 0.15) is 16.7 Å². The Bertz CT molecular complexity index is 745. The predicted octanol–water partition coefficient (Wildman–Crippen LogP) is 2.72. The van der Waals surface area contributed by atoms with E-state index >= 15 is 0 Å². The van der Waals surface area contributed by atoms with Crippen molar-refractivity contribution in [3.05, 3.63) is 34.9 Å². The van der Waals surface area contributed by atoms with Crippen LogP contribution in [0.15, 0.2) is 23.1 Å². The van der Waals surface area contributed by atoms with Gasteiger partial charge < -0.3 is 5.11 Å². The zero-order valence-electron chi connectivity index (χ0n) is 10.4. The van der Waals surface area contributed by atoms with Gasteiger partial charge in [0.05, 0.1) is 4.90 Å². The lowest BCUT2D eigenvalue weighted by Crippen LogP contribution is -2.01. The summed E-state index contributed by atoms with van der Waals surface area (Å²) in [5, 5.41) is 11.2. The van der Waals surface area contributed by atoms with Gasteiger partial charge in [0, 0.05) is 5.39 Å². The molecule has 0 radical (unpaired) electrons. The van der Waals surface area contributed by atoms with Gasteiger partial charge in [0.25, 0.3) is 10.1 Å². The molecular formula is C13H14O4S. The SMILES string of the molecule is Cc1cc2c(O)c(C)c(C)cc2cc1S(=O)(=O)O. The van der Waals surface area contributed by atoms with Gasteiger partial charge in [-0.3, -0.25) is 4.55 Å². The number of hydrogen-bond acceptors (Lipinski definition) is 3. The molecule has 2 N–H and O–H groups in total. The normalized spacial score (nSPS) is 12.0. The first-order valence-electron chi connectivity index (χ1n) is 5.43. The molecule has 0 aliphatic carbocycles. The fourth-order valence-corrected chi connectivity index (χ4v) is 2.78. The molecule has 0 aliphatic rings. The standard InChI is InChI=1S/C13H14O4S/c1-7-4-10-6-12(18(15,16)17)8(2)5-11(10)13(14)9(7)3/h4-6,14H,1-3H3,(H,15,16,17). The summed E-state index contributed by atoms with van der Waals surface area (Å²) in [6.07, 6.45) is 0. The number of fused-ring (bicyclic) bond motifs is 1. The minimum Gasteiger partial charge on any atom is -0.507 e. The molecule has 0 fully saturated rings. The number of hydrogen-bond donors (Lipinski definition) is 2. The van der Waals surface area contributed by atoms with Crippen molar-refractivity contribution >= 4 is 20.9 Å². The van der Waals surface area contributed by atoms with Crippen LogP contribution in [0.4, 0.5) is 0 Å². The Morgan fingerprint density at radius 1 is 1.00 bits per heavy atom. The van der Waals surface area contributed by atoms with Gasteiger partial charge in [-0.2, -0.15) is 8.42 Å². The van der Waals surface area contributed by atoms with Crippen molar-refractivity contribution in [3.63, 3.8) is 0 Å². The quantitative estimate of drug-likeness (QED) is 0.778. The Kier molecular flexibility index (Phi) is 2.83. The van der Waals surface area contributed by atoms with Crippen LogP contribution >= 0.6 is 0 Å². The van der Waals surface area contributed by atoms with E-state index in [4.69, 9.17) is 4.55 Å². The highest BCUT2D eigenvalue weighted by molar-refractivity contribution is 7.85. The molecular weight excluding hydrogens is 252 g/mol. The lowest BCUT2D eigenvalue weighted by molar-refractivity contribution is 0.476. The minimum absolute atomic E-state index is 0.127. The number of phenols is 1. The molecule has 18 heavy (non-hydrogen) atoms. The first kappa shape index (κ1) is 12.9. The highest BCUT2D eigenvalue weighted by Crippen LogP contribution is 2.33. The summed E-state index contributed by atoms with van der Waals surface area (Å²) in [6, 6.07) is 4.74. The molecule has 0 unspecified atom stereocenters. The average molecular weight is 266 g/mol. The van der Waals surface area contributed by atoms with E-state index in [0.29, 0.717) is 16.3 Å². The summed E-state index contributed by atoms with van der Waals surface area (Å²) < 4.78 is 31.6. The summed E-state index contributed by atoms with van der Waals surface area (Å²) >= 11 is 0. The summed E-state index contributed by atoms with van der Waals surface area (Å²) in [4.78, 5) is -0.127. The van der Waals surface area contributed by atoms with Crippen molar-refractivity contribution in [2.75, 3.05) is 0 Å². The first-order chi connectivity index (χ1) is 8.21. The van der Waals surface area contributed by atoms with Gasteiger partial charge in [-0.1, -0.05) is 6.07 Å². The molecule has 96 valence electrons. The second-order valence-corrected chi connectivity index (χ2v) is 5.87. The maximum absolute atomic E-state index is 11.2. The monoisotopic (exact) mass is 266 g/mol. The van der Waals surface area contributed by atoms with E-state index in [0.717, 1.165) is 11.1 Å². The Morgan fingerprint density at radius 3 is 2.17 bits per heavy atom. The maximum Gasteiger partial charge on any atom is 0.294 e. The zero-order valence-corrected chi connectivity index (χ0v) is 11.2. The van der Waals surface area contributed by atoms with Crippen LogP contribution in [0.3, 0.4) is 0 Å². The number of phenolic OH excluding ortho intramolecular Hbond substituents is 1. The Balaban J connectivity index is 2.94. The van der Waals surface area contributed by atoms with Gasteiger partial charge in [0.1, 0.15) is 5.75 Å². The molecule has 0 bridgehead atoms. The highest BCUT2D eigenvalue weighted by atomic mass is 32.2. The number of rotatable bonds is 1. The third kappa shape index (κ3) is 1.95. The lowest BCUT2D eigenvalue weighted by atomic mass is 10.00. The molecule has 0 saturated carbocycles. The summed E-state index contributed by atoms with van der Waals surface area (Å²) in [6.45, 7) is 5.22. The van der Waals surface area contributed by atoms with E-state index in [1.165, 1.54) is 6.07 Å². The minimum atomic E-state index is -4.24. The second kappa shape index (κ2) is 3.96. The topological polar surface area (TPSA) is 74.6 Å². The number of aromatic hydroxyl groups is 1. The Morgan fingerprint density at radius 2 is 1.61 bits per heavy atom. The smallest absolute Gasteiger partial charge is 0.294 e. The molecule has 0 saturated heterocycles. The molecule has 0 aromatic heterocycles. The summed E-state index contributed by atoms with van der Waals surface area (Å²) in [7, 11) is -4.24. The average Bonchev–Trinajstić information content (AvgIpc) is 2.25. The van der Waals surface area contributed by atoms with Crippen molar-refractivity contribution in [2.45, 2.75) is 25.7 Å². The molecule has 0 spiro atoms. The molecule has 2 aromatic rings. The van der Waals surface area contributed by atoms with Gasteiger partial charge in [0.2, 0.25) is 0 Å². The van der Waals surface area contributed by atoms with Crippen LogP contribution in [-0.4, -0.2) is 18.1 Å². The largest absolute Gasteiger partial charge is 0.507 e. The van der Waals surface area contributed by atoms with E-state index in [-0.39, 0.29) is 10.6 Å². The first-order valence-corrected chi connectivity index (χ1v) is 6.87.